The molecule has 2 atom stereocenters. The molecule has 18 heavy (non-hydrogen) atoms. The molecule has 1 saturated carbocycles. The molecule has 106 valence electrons. The van der Waals surface area contributed by atoms with Crippen molar-refractivity contribution in [3.8, 4) is 0 Å². The summed E-state index contributed by atoms with van der Waals surface area (Å²) >= 11 is 0. The molecule has 0 aromatic rings. The van der Waals surface area contributed by atoms with Crippen molar-refractivity contribution < 1.29 is 9.90 Å². The van der Waals surface area contributed by atoms with Crippen LogP contribution in [0.1, 0.15) is 65.7 Å². The lowest BCUT2D eigenvalue weighted by atomic mass is 9.88. The van der Waals surface area contributed by atoms with E-state index >= 15 is 0 Å². The number of rotatable bonds is 5. The highest BCUT2D eigenvalue weighted by Crippen LogP contribution is 2.24. The Morgan fingerprint density at radius 1 is 1.33 bits per heavy atom. The predicted molar refractivity (Wildman–Crippen MR) is 74.3 cm³/mol. The van der Waals surface area contributed by atoms with Crippen LogP contribution in [-0.2, 0) is 4.79 Å². The molecule has 2 N–H and O–H groups in total. The molecule has 0 spiro atoms. The van der Waals surface area contributed by atoms with Gasteiger partial charge in [0.1, 0.15) is 0 Å². The third kappa shape index (κ3) is 4.60. The van der Waals surface area contributed by atoms with Crippen LogP contribution in [0, 0.1) is 11.8 Å². The zero-order valence-corrected chi connectivity index (χ0v) is 12.2. The van der Waals surface area contributed by atoms with E-state index in [1.807, 2.05) is 13.8 Å². The van der Waals surface area contributed by atoms with E-state index in [9.17, 15) is 9.90 Å². The van der Waals surface area contributed by atoms with Crippen LogP contribution in [0.4, 0.5) is 0 Å². The van der Waals surface area contributed by atoms with E-state index in [-0.39, 0.29) is 17.7 Å². The Morgan fingerprint density at radius 3 is 2.39 bits per heavy atom. The van der Waals surface area contributed by atoms with Gasteiger partial charge in [-0.3, -0.25) is 4.79 Å². The van der Waals surface area contributed by atoms with E-state index < -0.39 is 5.60 Å². The van der Waals surface area contributed by atoms with Gasteiger partial charge >= 0.3 is 0 Å². The minimum Gasteiger partial charge on any atom is -0.388 e. The van der Waals surface area contributed by atoms with Gasteiger partial charge in [-0.05, 0) is 25.7 Å². The van der Waals surface area contributed by atoms with Crippen LogP contribution < -0.4 is 5.32 Å². The highest BCUT2D eigenvalue weighted by Gasteiger charge is 2.29. The summed E-state index contributed by atoms with van der Waals surface area (Å²) in [7, 11) is 0. The SMILES string of the molecule is CCC(C)C(C)(O)CNC(=O)C1CCCCCC1. The van der Waals surface area contributed by atoms with Gasteiger partial charge in [0.2, 0.25) is 5.91 Å². The van der Waals surface area contributed by atoms with Crippen LogP contribution >= 0.6 is 0 Å². The molecule has 0 aromatic carbocycles. The average molecular weight is 255 g/mol. The fraction of sp³-hybridized carbons (Fsp3) is 0.933. The van der Waals surface area contributed by atoms with Crippen molar-refractivity contribution in [3.63, 3.8) is 0 Å². The predicted octanol–water partition coefficient (Wildman–Crippen LogP) is 2.87. The molecular formula is C15H29NO2. The van der Waals surface area contributed by atoms with Gasteiger partial charge in [-0.15, -0.1) is 0 Å². The number of carbonyl (C=O) groups is 1. The lowest BCUT2D eigenvalue weighted by molar-refractivity contribution is -0.127. The molecular weight excluding hydrogens is 226 g/mol. The van der Waals surface area contributed by atoms with E-state index in [4.69, 9.17) is 0 Å². The van der Waals surface area contributed by atoms with Gasteiger partial charge in [0.05, 0.1) is 5.60 Å². The second kappa shape index (κ2) is 7.13. The van der Waals surface area contributed by atoms with Crippen LogP contribution in [-0.4, -0.2) is 23.2 Å². The molecule has 0 radical (unpaired) electrons. The summed E-state index contributed by atoms with van der Waals surface area (Å²) in [5, 5.41) is 13.2. The van der Waals surface area contributed by atoms with Crippen LogP contribution in [0.15, 0.2) is 0 Å². The molecule has 0 aliphatic heterocycles. The van der Waals surface area contributed by atoms with Gasteiger partial charge in [0, 0.05) is 12.5 Å². The molecule has 3 nitrogen and oxygen atoms in total. The third-order valence-corrected chi connectivity index (χ3v) is 4.52. The maximum atomic E-state index is 12.1. The van der Waals surface area contributed by atoms with Crippen molar-refractivity contribution in [1.82, 2.24) is 5.32 Å². The Morgan fingerprint density at radius 2 is 1.89 bits per heavy atom. The minimum absolute atomic E-state index is 0.139. The van der Waals surface area contributed by atoms with E-state index in [1.54, 1.807) is 0 Å². The molecule has 3 heteroatoms. The highest BCUT2D eigenvalue weighted by molar-refractivity contribution is 5.78. The summed E-state index contributed by atoms with van der Waals surface area (Å²) in [5.74, 6) is 0.507. The Balaban J connectivity index is 2.39. The molecule has 1 fully saturated rings. The molecule has 1 rings (SSSR count). The molecule has 1 aliphatic carbocycles. The summed E-state index contributed by atoms with van der Waals surface area (Å²) in [6, 6.07) is 0. The van der Waals surface area contributed by atoms with Gasteiger partial charge in [0.15, 0.2) is 0 Å². The van der Waals surface area contributed by atoms with Crippen molar-refractivity contribution in [2.45, 2.75) is 71.3 Å². The van der Waals surface area contributed by atoms with Crippen molar-refractivity contribution in [2.24, 2.45) is 11.8 Å². The zero-order chi connectivity index (χ0) is 13.6. The van der Waals surface area contributed by atoms with Crippen molar-refractivity contribution in [2.75, 3.05) is 6.54 Å². The van der Waals surface area contributed by atoms with Gasteiger partial charge < -0.3 is 10.4 Å². The molecule has 1 amide bonds. The lowest BCUT2D eigenvalue weighted by Gasteiger charge is -2.30. The fourth-order valence-corrected chi connectivity index (χ4v) is 2.57. The number of carbonyl (C=O) groups excluding carboxylic acids is 1. The molecule has 0 heterocycles. The standard InChI is InChI=1S/C15H29NO2/c1-4-12(2)15(3,18)11-16-14(17)13-9-7-5-6-8-10-13/h12-13,18H,4-11H2,1-3H3,(H,16,17). The van der Waals surface area contributed by atoms with Crippen LogP contribution in [0.5, 0.6) is 0 Å². The van der Waals surface area contributed by atoms with Crippen LogP contribution in [0.3, 0.4) is 0 Å². The normalized spacial score (nSPS) is 22.9. The first-order valence-electron chi connectivity index (χ1n) is 7.47. The van der Waals surface area contributed by atoms with Gasteiger partial charge in [-0.25, -0.2) is 0 Å². The molecule has 0 aromatic heterocycles. The Hall–Kier alpha value is -0.570. The van der Waals surface area contributed by atoms with E-state index in [2.05, 4.69) is 12.2 Å². The summed E-state index contributed by atoms with van der Waals surface area (Å²) < 4.78 is 0. The number of hydrogen-bond acceptors (Lipinski definition) is 2. The second-order valence-corrected chi connectivity index (χ2v) is 6.07. The number of nitrogens with one attached hydrogen (secondary N) is 1. The molecule has 0 saturated heterocycles. The summed E-state index contributed by atoms with van der Waals surface area (Å²) in [4.78, 5) is 12.1. The lowest BCUT2D eigenvalue weighted by Crippen LogP contribution is -2.46. The Bertz CT molecular complexity index is 255. The fourth-order valence-electron chi connectivity index (χ4n) is 2.57. The first-order valence-corrected chi connectivity index (χ1v) is 7.47. The zero-order valence-electron chi connectivity index (χ0n) is 12.2. The molecule has 1 aliphatic rings. The third-order valence-electron chi connectivity index (χ3n) is 4.52. The minimum atomic E-state index is -0.796. The number of aliphatic hydroxyl groups is 1. The van der Waals surface area contributed by atoms with Gasteiger partial charge in [-0.1, -0.05) is 46.0 Å². The van der Waals surface area contributed by atoms with E-state index in [0.29, 0.717) is 6.54 Å². The first-order chi connectivity index (χ1) is 8.47. The smallest absolute Gasteiger partial charge is 0.223 e. The topological polar surface area (TPSA) is 49.3 Å². The molecule has 2 unspecified atom stereocenters. The maximum absolute atomic E-state index is 12.1. The highest BCUT2D eigenvalue weighted by atomic mass is 16.3. The molecule has 0 bridgehead atoms. The average Bonchev–Trinajstić information content (AvgIpc) is 2.63. The first kappa shape index (κ1) is 15.5. The van der Waals surface area contributed by atoms with Crippen LogP contribution in [0.2, 0.25) is 0 Å². The quantitative estimate of drug-likeness (QED) is 0.742. The maximum Gasteiger partial charge on any atom is 0.223 e. The van der Waals surface area contributed by atoms with Gasteiger partial charge in [-0.2, -0.15) is 0 Å². The number of hydrogen-bond donors (Lipinski definition) is 2. The van der Waals surface area contributed by atoms with Crippen molar-refractivity contribution >= 4 is 5.91 Å². The summed E-state index contributed by atoms with van der Waals surface area (Å²) in [5.41, 5.74) is -0.796. The van der Waals surface area contributed by atoms with E-state index in [0.717, 1.165) is 19.3 Å². The summed E-state index contributed by atoms with van der Waals surface area (Å²) in [6.07, 6.45) is 7.79. The van der Waals surface area contributed by atoms with Crippen LogP contribution in [0.25, 0.3) is 0 Å². The number of amides is 1. The Labute approximate surface area is 111 Å². The van der Waals surface area contributed by atoms with Crippen molar-refractivity contribution in [3.05, 3.63) is 0 Å². The summed E-state index contributed by atoms with van der Waals surface area (Å²) in [6.45, 7) is 6.27. The second-order valence-electron chi connectivity index (χ2n) is 6.07. The largest absolute Gasteiger partial charge is 0.388 e. The van der Waals surface area contributed by atoms with E-state index in [1.165, 1.54) is 25.7 Å². The van der Waals surface area contributed by atoms with Crippen molar-refractivity contribution in [1.29, 1.82) is 0 Å². The Kier molecular flexibility index (Phi) is 6.13. The monoisotopic (exact) mass is 255 g/mol. The van der Waals surface area contributed by atoms with Gasteiger partial charge in [0.25, 0.3) is 0 Å².